The molecule has 0 aliphatic carbocycles. The summed E-state index contributed by atoms with van der Waals surface area (Å²) in [4.78, 5) is 33.0. The first kappa shape index (κ1) is 16.4. The molecule has 0 radical (unpaired) electrons. The van der Waals surface area contributed by atoms with Crippen LogP contribution in [0, 0.1) is 10.1 Å². The van der Waals surface area contributed by atoms with E-state index in [2.05, 4.69) is 10.4 Å². The van der Waals surface area contributed by atoms with Gasteiger partial charge in [-0.05, 0) is 13.0 Å². The second-order valence-electron chi connectivity index (χ2n) is 4.60. The maximum Gasteiger partial charge on any atom is 0.338 e. The van der Waals surface area contributed by atoms with Gasteiger partial charge in [-0.3, -0.25) is 19.6 Å². The molecule has 0 bridgehead atoms. The van der Waals surface area contributed by atoms with E-state index in [1.54, 1.807) is 0 Å². The number of benzene rings is 1. The molecular formula is C13H11ClN4O5. The van der Waals surface area contributed by atoms with E-state index in [1.807, 2.05) is 0 Å². The first-order chi connectivity index (χ1) is 10.8. The van der Waals surface area contributed by atoms with Crippen molar-refractivity contribution in [2.45, 2.75) is 13.0 Å². The predicted molar refractivity (Wildman–Crippen MR) is 80.6 cm³/mol. The summed E-state index contributed by atoms with van der Waals surface area (Å²) in [6, 6.07) is 2.85. The van der Waals surface area contributed by atoms with Crippen LogP contribution >= 0.6 is 11.6 Å². The monoisotopic (exact) mass is 338 g/mol. The number of aromatic carboxylic acids is 1. The van der Waals surface area contributed by atoms with E-state index in [4.69, 9.17) is 16.7 Å². The summed E-state index contributed by atoms with van der Waals surface area (Å²) in [5, 5.41) is 25.8. The minimum atomic E-state index is -1.15. The number of non-ortho nitro benzene ring substituents is 1. The Balaban J connectivity index is 2.14. The summed E-state index contributed by atoms with van der Waals surface area (Å²) < 4.78 is 1.19. The van der Waals surface area contributed by atoms with Crippen molar-refractivity contribution in [2.24, 2.45) is 0 Å². The van der Waals surface area contributed by atoms with Crippen LogP contribution in [-0.2, 0) is 4.79 Å². The average Bonchev–Trinajstić information content (AvgIpc) is 2.98. The Bertz CT molecular complexity index is 788. The summed E-state index contributed by atoms with van der Waals surface area (Å²) in [6.45, 7) is 1.52. The highest BCUT2D eigenvalue weighted by atomic mass is 35.5. The van der Waals surface area contributed by atoms with Crippen LogP contribution in [0.4, 0.5) is 11.4 Å². The molecule has 120 valence electrons. The highest BCUT2D eigenvalue weighted by molar-refractivity contribution is 6.34. The minimum Gasteiger partial charge on any atom is -0.478 e. The van der Waals surface area contributed by atoms with Gasteiger partial charge < -0.3 is 10.4 Å². The van der Waals surface area contributed by atoms with Gasteiger partial charge >= 0.3 is 5.97 Å². The lowest BCUT2D eigenvalue weighted by Gasteiger charge is -2.13. The van der Waals surface area contributed by atoms with Gasteiger partial charge in [0, 0.05) is 18.3 Å². The Labute approximate surface area is 134 Å². The third kappa shape index (κ3) is 3.64. The molecule has 1 aromatic carbocycles. The van der Waals surface area contributed by atoms with Gasteiger partial charge in [0.15, 0.2) is 0 Å². The number of halogens is 1. The SMILES string of the molecule is CC(C(=O)Nc1ccc([N+](=O)[O-])cc1Cl)n1cc(C(=O)O)cn1. The quantitative estimate of drug-likeness (QED) is 0.636. The van der Waals surface area contributed by atoms with Gasteiger partial charge in [0.25, 0.3) is 5.69 Å². The lowest BCUT2D eigenvalue weighted by molar-refractivity contribution is -0.384. The number of hydrogen-bond donors (Lipinski definition) is 2. The topological polar surface area (TPSA) is 127 Å². The molecule has 2 rings (SSSR count). The zero-order chi connectivity index (χ0) is 17.1. The van der Waals surface area contributed by atoms with Gasteiger partial charge in [-0.2, -0.15) is 5.10 Å². The number of carbonyl (C=O) groups is 2. The van der Waals surface area contributed by atoms with Crippen molar-refractivity contribution in [1.82, 2.24) is 9.78 Å². The van der Waals surface area contributed by atoms with Gasteiger partial charge in [-0.1, -0.05) is 11.6 Å². The fourth-order valence-corrected chi connectivity index (χ4v) is 1.96. The highest BCUT2D eigenvalue weighted by Crippen LogP contribution is 2.27. The van der Waals surface area contributed by atoms with E-state index in [-0.39, 0.29) is 22.0 Å². The highest BCUT2D eigenvalue weighted by Gasteiger charge is 2.19. The number of carboxylic acids is 1. The number of amides is 1. The van der Waals surface area contributed by atoms with Crippen LogP contribution in [0.1, 0.15) is 23.3 Å². The van der Waals surface area contributed by atoms with Gasteiger partial charge in [0.1, 0.15) is 6.04 Å². The smallest absolute Gasteiger partial charge is 0.338 e. The number of aromatic nitrogens is 2. The second kappa shape index (κ2) is 6.44. The van der Waals surface area contributed by atoms with Crippen LogP contribution < -0.4 is 5.32 Å². The maximum absolute atomic E-state index is 12.2. The molecule has 1 heterocycles. The number of nitrogens with zero attached hydrogens (tertiary/aromatic N) is 3. The van der Waals surface area contributed by atoms with E-state index < -0.39 is 22.8 Å². The van der Waals surface area contributed by atoms with E-state index in [0.717, 1.165) is 12.3 Å². The molecular weight excluding hydrogens is 328 g/mol. The van der Waals surface area contributed by atoms with Crippen molar-refractivity contribution in [3.8, 4) is 0 Å². The Morgan fingerprint density at radius 3 is 2.70 bits per heavy atom. The van der Waals surface area contributed by atoms with Gasteiger partial charge in [-0.25, -0.2) is 4.79 Å². The molecule has 2 aromatic rings. The largest absolute Gasteiger partial charge is 0.478 e. The molecule has 2 N–H and O–H groups in total. The summed E-state index contributed by atoms with van der Waals surface area (Å²) >= 11 is 5.89. The molecule has 1 amide bonds. The number of nitrogens with one attached hydrogen (secondary N) is 1. The van der Waals surface area contributed by atoms with Crippen molar-refractivity contribution in [3.05, 3.63) is 51.3 Å². The van der Waals surface area contributed by atoms with Crippen LogP contribution in [0.3, 0.4) is 0 Å². The molecule has 0 saturated carbocycles. The summed E-state index contributed by atoms with van der Waals surface area (Å²) in [6.07, 6.45) is 2.36. The van der Waals surface area contributed by atoms with Crippen LogP contribution in [0.25, 0.3) is 0 Å². The lowest BCUT2D eigenvalue weighted by atomic mass is 10.2. The fourth-order valence-electron chi connectivity index (χ4n) is 1.74. The summed E-state index contributed by atoms with van der Waals surface area (Å²) in [5.41, 5.74) is -0.0306. The molecule has 0 spiro atoms. The number of anilines is 1. The molecule has 0 aliphatic rings. The predicted octanol–water partition coefficient (Wildman–Crippen LogP) is 2.34. The molecule has 1 atom stereocenters. The van der Waals surface area contributed by atoms with E-state index in [9.17, 15) is 19.7 Å². The van der Waals surface area contributed by atoms with Gasteiger partial charge in [0.2, 0.25) is 5.91 Å². The number of carboxylic acid groups (broad SMARTS) is 1. The first-order valence-corrected chi connectivity index (χ1v) is 6.69. The van der Waals surface area contributed by atoms with Crippen LogP contribution in [0.2, 0.25) is 5.02 Å². The fraction of sp³-hybridized carbons (Fsp3) is 0.154. The Hall–Kier alpha value is -2.94. The van der Waals surface area contributed by atoms with Crippen molar-refractivity contribution in [2.75, 3.05) is 5.32 Å². The molecule has 9 nitrogen and oxygen atoms in total. The lowest BCUT2D eigenvalue weighted by Crippen LogP contribution is -2.24. The number of rotatable bonds is 5. The van der Waals surface area contributed by atoms with Gasteiger partial charge in [-0.15, -0.1) is 0 Å². The molecule has 10 heteroatoms. The van der Waals surface area contributed by atoms with E-state index in [1.165, 1.54) is 29.9 Å². The number of nitro groups is 1. The van der Waals surface area contributed by atoms with Crippen molar-refractivity contribution < 1.29 is 19.6 Å². The average molecular weight is 339 g/mol. The molecule has 23 heavy (non-hydrogen) atoms. The molecule has 1 unspecified atom stereocenters. The molecule has 0 fully saturated rings. The third-order valence-corrected chi connectivity index (χ3v) is 3.36. The minimum absolute atomic E-state index is 0.0199. The van der Waals surface area contributed by atoms with Crippen LogP contribution in [-0.4, -0.2) is 31.7 Å². The van der Waals surface area contributed by atoms with Crippen molar-refractivity contribution in [1.29, 1.82) is 0 Å². The Kier molecular flexibility index (Phi) is 4.60. The number of nitro benzene ring substituents is 1. The molecule has 0 saturated heterocycles. The van der Waals surface area contributed by atoms with Crippen molar-refractivity contribution >= 4 is 34.9 Å². The first-order valence-electron chi connectivity index (χ1n) is 6.32. The molecule has 1 aromatic heterocycles. The molecule has 0 aliphatic heterocycles. The van der Waals surface area contributed by atoms with Crippen LogP contribution in [0.15, 0.2) is 30.6 Å². The zero-order valence-corrected chi connectivity index (χ0v) is 12.5. The van der Waals surface area contributed by atoms with Crippen LogP contribution in [0.5, 0.6) is 0 Å². The number of carbonyl (C=O) groups excluding carboxylic acids is 1. The third-order valence-electron chi connectivity index (χ3n) is 3.05. The standard InChI is InChI=1S/C13H11ClN4O5/c1-7(17-6-8(5-15-17)13(20)21)12(19)16-11-3-2-9(18(22)23)4-10(11)14/h2-7H,1H3,(H,16,19)(H,20,21). The van der Waals surface area contributed by atoms with Crippen molar-refractivity contribution in [3.63, 3.8) is 0 Å². The van der Waals surface area contributed by atoms with E-state index in [0.29, 0.717) is 0 Å². The van der Waals surface area contributed by atoms with E-state index >= 15 is 0 Å². The zero-order valence-electron chi connectivity index (χ0n) is 11.8. The summed E-state index contributed by atoms with van der Waals surface area (Å²) in [5.74, 6) is -1.65. The maximum atomic E-state index is 12.2. The number of hydrogen-bond acceptors (Lipinski definition) is 5. The second-order valence-corrected chi connectivity index (χ2v) is 5.01. The Morgan fingerprint density at radius 1 is 1.48 bits per heavy atom. The normalized spacial score (nSPS) is 11.7. The van der Waals surface area contributed by atoms with Gasteiger partial charge in [0.05, 0.1) is 27.4 Å². The Morgan fingerprint density at radius 2 is 2.17 bits per heavy atom. The summed E-state index contributed by atoms with van der Waals surface area (Å²) in [7, 11) is 0.